The van der Waals surface area contributed by atoms with Crippen LogP contribution in [0.5, 0.6) is 11.5 Å². The predicted octanol–water partition coefficient (Wildman–Crippen LogP) is 6.52. The molecule has 0 saturated heterocycles. The van der Waals surface area contributed by atoms with E-state index in [1.165, 1.54) is 18.2 Å². The molecule has 0 spiro atoms. The molecule has 3 aromatic carbocycles. The molecule has 0 aliphatic rings. The zero-order valence-corrected chi connectivity index (χ0v) is 18.7. The number of ether oxygens (including phenoxy) is 2. The maximum atomic E-state index is 13.2. The number of para-hydroxylation sites is 1. The van der Waals surface area contributed by atoms with Gasteiger partial charge in [-0.25, -0.2) is 4.39 Å². The minimum atomic E-state index is -0.853. The van der Waals surface area contributed by atoms with Crippen LogP contribution >= 0.6 is 15.9 Å². The van der Waals surface area contributed by atoms with E-state index in [2.05, 4.69) is 21.1 Å². The molecule has 0 aromatic heterocycles. The molecule has 3 aromatic rings. The number of carboxylic acids is 1. The van der Waals surface area contributed by atoms with Gasteiger partial charge in [-0.05, 0) is 62.9 Å². The number of hydrogen-bond donors (Lipinski definition) is 1. The molecule has 0 unspecified atom stereocenters. The Morgan fingerprint density at radius 2 is 1.69 bits per heavy atom. The summed E-state index contributed by atoms with van der Waals surface area (Å²) in [6.45, 7) is 0.720. The van der Waals surface area contributed by atoms with E-state index >= 15 is 0 Å². The van der Waals surface area contributed by atoms with Crippen LogP contribution in [0.2, 0.25) is 0 Å². The Morgan fingerprint density at radius 1 is 1.00 bits per heavy atom. The molecule has 0 aliphatic carbocycles. The van der Waals surface area contributed by atoms with E-state index < -0.39 is 5.97 Å². The Bertz CT molecular complexity index is 1090. The molecule has 3 rings (SSSR count). The first-order chi connectivity index (χ1) is 15.5. The van der Waals surface area contributed by atoms with Gasteiger partial charge in [-0.2, -0.15) is 0 Å². The zero-order chi connectivity index (χ0) is 22.9. The number of benzene rings is 3. The third-order valence-electron chi connectivity index (χ3n) is 4.69. The van der Waals surface area contributed by atoms with Crippen LogP contribution < -0.4 is 9.47 Å². The Kier molecular flexibility index (Phi) is 8.33. The molecule has 0 heterocycles. The number of aliphatic carboxylic acids is 1. The lowest BCUT2D eigenvalue weighted by Crippen LogP contribution is -2.07. The van der Waals surface area contributed by atoms with Gasteiger partial charge < -0.3 is 14.6 Å². The summed E-state index contributed by atoms with van der Waals surface area (Å²) >= 11 is 3.44. The monoisotopic (exact) mass is 501 g/mol. The van der Waals surface area contributed by atoms with E-state index in [0.717, 1.165) is 5.56 Å². The highest BCUT2D eigenvalue weighted by Crippen LogP contribution is 2.39. The molecule has 0 radical (unpaired) electrons. The number of carbonyl (C=O) groups is 1. The molecule has 0 fully saturated rings. The third kappa shape index (κ3) is 6.37. The van der Waals surface area contributed by atoms with Gasteiger partial charge in [-0.3, -0.25) is 4.79 Å². The van der Waals surface area contributed by atoms with Crippen molar-refractivity contribution in [2.45, 2.75) is 19.3 Å². The van der Waals surface area contributed by atoms with E-state index in [4.69, 9.17) is 14.6 Å². The van der Waals surface area contributed by atoms with Crippen molar-refractivity contribution in [3.8, 4) is 22.6 Å². The van der Waals surface area contributed by atoms with Gasteiger partial charge >= 0.3 is 5.97 Å². The van der Waals surface area contributed by atoms with Crippen molar-refractivity contribution in [3.63, 3.8) is 0 Å². The summed E-state index contributed by atoms with van der Waals surface area (Å²) in [4.78, 5) is 22.1. The van der Waals surface area contributed by atoms with Crippen LogP contribution in [0.15, 0.2) is 70.3 Å². The summed E-state index contributed by atoms with van der Waals surface area (Å²) in [5.74, 6) is -0.0909. The van der Waals surface area contributed by atoms with Crippen molar-refractivity contribution < 1.29 is 23.8 Å². The van der Waals surface area contributed by atoms with Crippen molar-refractivity contribution in [2.24, 2.45) is 5.18 Å². The molecule has 6 nitrogen and oxygen atoms in total. The largest absolute Gasteiger partial charge is 0.493 e. The van der Waals surface area contributed by atoms with E-state index in [9.17, 15) is 14.1 Å². The van der Waals surface area contributed by atoms with Crippen LogP contribution in [0.1, 0.15) is 18.4 Å². The Hall–Kier alpha value is -3.26. The van der Waals surface area contributed by atoms with E-state index in [1.54, 1.807) is 18.2 Å². The van der Waals surface area contributed by atoms with Gasteiger partial charge in [0.25, 0.3) is 0 Å². The topological polar surface area (TPSA) is 85.2 Å². The second-order valence-electron chi connectivity index (χ2n) is 6.95. The average molecular weight is 502 g/mol. The smallest absolute Gasteiger partial charge is 0.303 e. The fourth-order valence-corrected chi connectivity index (χ4v) is 3.56. The normalized spacial score (nSPS) is 10.6. The Balaban J connectivity index is 1.57. The number of rotatable bonds is 11. The van der Waals surface area contributed by atoms with Crippen LogP contribution in [0.4, 0.5) is 10.1 Å². The molecular weight excluding hydrogens is 481 g/mol. The van der Waals surface area contributed by atoms with Crippen molar-refractivity contribution in [1.82, 2.24) is 0 Å². The standard InChI is InChI=1S/C24H21BrFNO5/c25-20-14-19(16-6-9-18(26)10-7-16)21(27-30)15-23(20)32-13-3-12-31-22-5-2-1-4-17(22)8-11-24(28)29/h1-2,4-7,9-10,14-15H,3,8,11-13H2,(H,28,29). The van der Waals surface area contributed by atoms with E-state index in [0.29, 0.717) is 53.2 Å². The average Bonchev–Trinajstić information content (AvgIpc) is 2.79. The molecule has 32 heavy (non-hydrogen) atoms. The summed E-state index contributed by atoms with van der Waals surface area (Å²) in [5, 5.41) is 12.0. The summed E-state index contributed by atoms with van der Waals surface area (Å²) in [6, 6.07) is 16.4. The fraction of sp³-hybridized carbons (Fsp3) is 0.208. The van der Waals surface area contributed by atoms with Crippen LogP contribution in [-0.4, -0.2) is 24.3 Å². The number of hydrogen-bond acceptors (Lipinski definition) is 5. The summed E-state index contributed by atoms with van der Waals surface area (Å²) in [7, 11) is 0. The second-order valence-corrected chi connectivity index (χ2v) is 7.80. The SMILES string of the molecule is O=Nc1cc(OCCCOc2ccccc2CCC(=O)O)c(Br)cc1-c1ccc(F)cc1. The van der Waals surface area contributed by atoms with Crippen LogP contribution in [0, 0.1) is 10.7 Å². The summed E-state index contributed by atoms with van der Waals surface area (Å²) in [5.41, 5.74) is 2.28. The first-order valence-corrected chi connectivity index (χ1v) is 10.8. The second kappa shape index (κ2) is 11.4. The van der Waals surface area contributed by atoms with Crippen LogP contribution in [0.25, 0.3) is 11.1 Å². The molecule has 166 valence electrons. The van der Waals surface area contributed by atoms with Gasteiger partial charge in [0.2, 0.25) is 0 Å². The lowest BCUT2D eigenvalue weighted by Gasteiger charge is -2.13. The van der Waals surface area contributed by atoms with Crippen LogP contribution in [0.3, 0.4) is 0 Å². The Labute approximate surface area is 193 Å². The van der Waals surface area contributed by atoms with Crippen molar-refractivity contribution >= 4 is 27.6 Å². The predicted molar refractivity (Wildman–Crippen MR) is 123 cm³/mol. The molecule has 0 bridgehead atoms. The first kappa shape index (κ1) is 23.4. The summed E-state index contributed by atoms with van der Waals surface area (Å²) < 4.78 is 25.4. The number of aryl methyl sites for hydroxylation is 1. The van der Waals surface area contributed by atoms with Gasteiger partial charge in [-0.15, -0.1) is 4.91 Å². The summed E-state index contributed by atoms with van der Waals surface area (Å²) in [6.07, 6.45) is 1.01. The van der Waals surface area contributed by atoms with Crippen LogP contribution in [-0.2, 0) is 11.2 Å². The third-order valence-corrected chi connectivity index (χ3v) is 5.31. The molecule has 0 aliphatic heterocycles. The molecule has 1 N–H and O–H groups in total. The van der Waals surface area contributed by atoms with Gasteiger partial charge in [0.05, 0.1) is 17.7 Å². The number of nitroso groups, excluding NO2 is 1. The van der Waals surface area contributed by atoms with Gasteiger partial charge in [0, 0.05) is 24.5 Å². The number of nitrogens with zero attached hydrogens (tertiary/aromatic N) is 1. The van der Waals surface area contributed by atoms with E-state index in [-0.39, 0.29) is 17.9 Å². The quantitative estimate of drug-likeness (QED) is 0.238. The number of carboxylic acid groups (broad SMARTS) is 1. The molecule has 0 atom stereocenters. The maximum Gasteiger partial charge on any atom is 0.303 e. The van der Waals surface area contributed by atoms with E-state index in [1.807, 2.05) is 24.3 Å². The maximum absolute atomic E-state index is 13.2. The Morgan fingerprint density at radius 3 is 2.38 bits per heavy atom. The highest BCUT2D eigenvalue weighted by atomic mass is 79.9. The molecular formula is C24H21BrFNO5. The minimum absolute atomic E-state index is 0.0402. The fourth-order valence-electron chi connectivity index (χ4n) is 3.11. The molecule has 0 saturated carbocycles. The lowest BCUT2D eigenvalue weighted by molar-refractivity contribution is -0.136. The molecule has 8 heteroatoms. The van der Waals surface area contributed by atoms with Gasteiger partial charge in [0.1, 0.15) is 23.0 Å². The number of halogens is 2. The van der Waals surface area contributed by atoms with Gasteiger partial charge in [-0.1, -0.05) is 30.3 Å². The van der Waals surface area contributed by atoms with Crippen molar-refractivity contribution in [1.29, 1.82) is 0 Å². The minimum Gasteiger partial charge on any atom is -0.493 e. The highest BCUT2D eigenvalue weighted by Gasteiger charge is 2.13. The molecule has 0 amide bonds. The van der Waals surface area contributed by atoms with Crippen molar-refractivity contribution in [3.05, 3.63) is 81.4 Å². The van der Waals surface area contributed by atoms with Crippen molar-refractivity contribution in [2.75, 3.05) is 13.2 Å². The first-order valence-electron chi connectivity index (χ1n) is 9.96. The van der Waals surface area contributed by atoms with Gasteiger partial charge in [0.15, 0.2) is 0 Å². The zero-order valence-electron chi connectivity index (χ0n) is 17.1. The lowest BCUT2D eigenvalue weighted by atomic mass is 10.0. The highest BCUT2D eigenvalue weighted by molar-refractivity contribution is 9.10.